The molecule has 22 heavy (non-hydrogen) atoms. The maximum absolute atomic E-state index is 12.2. The SMILES string of the molecule is CC(C)[C@@H]1CC1(N)C(=O)NCCc1c[nH]c2ccc(O)cc12. The van der Waals surface area contributed by atoms with E-state index < -0.39 is 5.54 Å². The summed E-state index contributed by atoms with van der Waals surface area (Å²) in [5.41, 5.74) is 7.54. The molecule has 1 aliphatic rings. The van der Waals surface area contributed by atoms with Crippen molar-refractivity contribution in [1.82, 2.24) is 10.3 Å². The molecule has 5 nitrogen and oxygen atoms in total. The van der Waals surface area contributed by atoms with Gasteiger partial charge in [-0.05, 0) is 48.4 Å². The maximum Gasteiger partial charge on any atom is 0.240 e. The second kappa shape index (κ2) is 5.32. The Morgan fingerprint density at radius 1 is 1.55 bits per heavy atom. The van der Waals surface area contributed by atoms with Gasteiger partial charge >= 0.3 is 0 Å². The Kier molecular flexibility index (Phi) is 3.60. The molecular formula is C17H23N3O2. The van der Waals surface area contributed by atoms with Gasteiger partial charge in [-0.15, -0.1) is 0 Å². The molecule has 2 atom stereocenters. The predicted octanol–water partition coefficient (Wildman–Crippen LogP) is 1.91. The van der Waals surface area contributed by atoms with Crippen molar-refractivity contribution < 1.29 is 9.90 Å². The normalized spacial score (nSPS) is 23.9. The Bertz CT molecular complexity index is 707. The molecule has 1 unspecified atom stereocenters. The highest BCUT2D eigenvalue weighted by atomic mass is 16.3. The Morgan fingerprint density at radius 3 is 3.00 bits per heavy atom. The lowest BCUT2D eigenvalue weighted by molar-refractivity contribution is -0.123. The van der Waals surface area contributed by atoms with E-state index in [1.165, 1.54) is 0 Å². The zero-order valence-electron chi connectivity index (χ0n) is 13.0. The average molecular weight is 301 g/mol. The number of hydrogen-bond donors (Lipinski definition) is 4. The second-order valence-electron chi connectivity index (χ2n) is 6.64. The van der Waals surface area contributed by atoms with E-state index in [9.17, 15) is 9.90 Å². The van der Waals surface area contributed by atoms with Crippen molar-refractivity contribution in [3.8, 4) is 5.75 Å². The van der Waals surface area contributed by atoms with Gasteiger partial charge in [-0.1, -0.05) is 13.8 Å². The minimum atomic E-state index is -0.674. The van der Waals surface area contributed by atoms with Gasteiger partial charge in [-0.25, -0.2) is 0 Å². The first-order valence-electron chi connectivity index (χ1n) is 7.78. The van der Waals surface area contributed by atoms with Gasteiger partial charge in [0.25, 0.3) is 0 Å². The molecule has 5 heteroatoms. The van der Waals surface area contributed by atoms with Crippen LogP contribution in [0.2, 0.25) is 0 Å². The summed E-state index contributed by atoms with van der Waals surface area (Å²) in [6.45, 7) is 4.75. The van der Waals surface area contributed by atoms with Gasteiger partial charge in [0.1, 0.15) is 5.75 Å². The molecule has 0 bridgehead atoms. The maximum atomic E-state index is 12.2. The number of carbonyl (C=O) groups excluding carboxylic acids is 1. The number of amides is 1. The molecule has 118 valence electrons. The number of phenolic OH excluding ortho intramolecular Hbond substituents is 1. The van der Waals surface area contributed by atoms with E-state index in [-0.39, 0.29) is 17.6 Å². The largest absolute Gasteiger partial charge is 0.508 e. The number of phenols is 1. The number of fused-ring (bicyclic) bond motifs is 1. The molecule has 1 aliphatic carbocycles. The first-order valence-corrected chi connectivity index (χ1v) is 7.78. The first-order chi connectivity index (χ1) is 10.4. The molecule has 3 rings (SSSR count). The van der Waals surface area contributed by atoms with Crippen LogP contribution in [0.1, 0.15) is 25.8 Å². The summed E-state index contributed by atoms with van der Waals surface area (Å²) < 4.78 is 0. The summed E-state index contributed by atoms with van der Waals surface area (Å²) in [5, 5.41) is 13.5. The Hall–Kier alpha value is -2.01. The topological polar surface area (TPSA) is 91.1 Å². The first kappa shape index (κ1) is 14.9. The van der Waals surface area contributed by atoms with Gasteiger partial charge in [-0.3, -0.25) is 4.79 Å². The van der Waals surface area contributed by atoms with Gasteiger partial charge < -0.3 is 21.1 Å². The fourth-order valence-corrected chi connectivity index (χ4v) is 3.25. The summed E-state index contributed by atoms with van der Waals surface area (Å²) in [4.78, 5) is 15.4. The van der Waals surface area contributed by atoms with Gasteiger partial charge in [0.15, 0.2) is 0 Å². The highest BCUT2D eigenvalue weighted by Crippen LogP contribution is 2.46. The third kappa shape index (κ3) is 2.57. The zero-order valence-corrected chi connectivity index (χ0v) is 13.0. The molecule has 1 aromatic carbocycles. The van der Waals surface area contributed by atoms with Crippen molar-refractivity contribution in [2.75, 3.05) is 6.54 Å². The number of aromatic hydroxyl groups is 1. The van der Waals surface area contributed by atoms with E-state index in [1.54, 1.807) is 12.1 Å². The molecule has 1 saturated carbocycles. The van der Waals surface area contributed by atoms with Crippen molar-refractivity contribution in [1.29, 1.82) is 0 Å². The standard InChI is InChI=1S/C17H23N3O2/c1-10(2)14-8-17(14,18)16(22)19-6-5-11-9-20-15-4-3-12(21)7-13(11)15/h3-4,7,9-10,14,20-21H,5-6,8,18H2,1-2H3,(H,19,22)/t14-,17?/m0/s1. The number of benzene rings is 1. The quantitative estimate of drug-likeness (QED) is 0.680. The van der Waals surface area contributed by atoms with Crippen LogP contribution in [0.25, 0.3) is 10.9 Å². The number of hydrogen-bond acceptors (Lipinski definition) is 3. The number of H-pyrrole nitrogens is 1. The molecule has 0 saturated heterocycles. The lowest BCUT2D eigenvalue weighted by Gasteiger charge is -2.13. The van der Waals surface area contributed by atoms with Gasteiger partial charge in [0.2, 0.25) is 5.91 Å². The van der Waals surface area contributed by atoms with Crippen molar-refractivity contribution >= 4 is 16.8 Å². The number of carbonyl (C=O) groups is 1. The van der Waals surface area contributed by atoms with Gasteiger partial charge in [0, 0.05) is 23.6 Å². The molecular weight excluding hydrogens is 278 g/mol. The Balaban J connectivity index is 1.59. The zero-order chi connectivity index (χ0) is 15.9. The van der Waals surface area contributed by atoms with Crippen molar-refractivity contribution in [2.24, 2.45) is 17.6 Å². The molecule has 1 fully saturated rings. The molecule has 0 aliphatic heterocycles. The molecule has 0 radical (unpaired) electrons. The van der Waals surface area contributed by atoms with Crippen LogP contribution < -0.4 is 11.1 Å². The van der Waals surface area contributed by atoms with E-state index in [1.807, 2.05) is 12.3 Å². The van der Waals surface area contributed by atoms with Crippen LogP contribution in [0, 0.1) is 11.8 Å². The molecule has 1 aromatic heterocycles. The number of nitrogens with two attached hydrogens (primary N) is 1. The van der Waals surface area contributed by atoms with Crippen molar-refractivity contribution in [2.45, 2.75) is 32.2 Å². The third-order valence-corrected chi connectivity index (χ3v) is 4.72. The van der Waals surface area contributed by atoms with Crippen molar-refractivity contribution in [3.63, 3.8) is 0 Å². The van der Waals surface area contributed by atoms with Crippen LogP contribution >= 0.6 is 0 Å². The fraction of sp³-hybridized carbons (Fsp3) is 0.471. The van der Waals surface area contributed by atoms with Crippen LogP contribution in [0.5, 0.6) is 5.75 Å². The molecule has 2 aromatic rings. The second-order valence-corrected chi connectivity index (χ2v) is 6.64. The fourth-order valence-electron chi connectivity index (χ4n) is 3.25. The number of nitrogens with one attached hydrogen (secondary N) is 2. The highest BCUT2D eigenvalue weighted by Gasteiger charge is 2.57. The number of aromatic nitrogens is 1. The monoisotopic (exact) mass is 301 g/mol. The number of rotatable bonds is 5. The van der Waals surface area contributed by atoms with Crippen LogP contribution in [0.4, 0.5) is 0 Å². The van der Waals surface area contributed by atoms with Crippen LogP contribution in [-0.4, -0.2) is 28.1 Å². The van der Waals surface area contributed by atoms with E-state index in [2.05, 4.69) is 24.1 Å². The predicted molar refractivity (Wildman–Crippen MR) is 86.5 cm³/mol. The van der Waals surface area contributed by atoms with E-state index in [0.29, 0.717) is 18.9 Å². The summed E-state index contributed by atoms with van der Waals surface area (Å²) >= 11 is 0. The number of aromatic amines is 1. The summed E-state index contributed by atoms with van der Waals surface area (Å²) in [5.74, 6) is 0.926. The van der Waals surface area contributed by atoms with Crippen LogP contribution in [0.15, 0.2) is 24.4 Å². The minimum absolute atomic E-state index is 0.0473. The Labute approximate surface area is 129 Å². The van der Waals surface area contributed by atoms with E-state index >= 15 is 0 Å². The molecule has 1 amide bonds. The summed E-state index contributed by atoms with van der Waals surface area (Å²) in [7, 11) is 0. The van der Waals surface area contributed by atoms with Gasteiger partial charge in [0.05, 0.1) is 5.54 Å². The average Bonchev–Trinajstić information content (AvgIpc) is 3.03. The van der Waals surface area contributed by atoms with Crippen LogP contribution in [0.3, 0.4) is 0 Å². The Morgan fingerprint density at radius 2 is 2.32 bits per heavy atom. The molecule has 1 heterocycles. The summed E-state index contributed by atoms with van der Waals surface area (Å²) in [6, 6.07) is 5.24. The van der Waals surface area contributed by atoms with E-state index in [0.717, 1.165) is 22.9 Å². The highest BCUT2D eigenvalue weighted by molar-refractivity contribution is 5.90. The third-order valence-electron chi connectivity index (χ3n) is 4.72. The molecule has 0 spiro atoms. The summed E-state index contributed by atoms with van der Waals surface area (Å²) in [6.07, 6.45) is 3.40. The minimum Gasteiger partial charge on any atom is -0.508 e. The van der Waals surface area contributed by atoms with Gasteiger partial charge in [-0.2, -0.15) is 0 Å². The molecule has 5 N–H and O–H groups in total. The lowest BCUT2D eigenvalue weighted by Crippen LogP contribution is -2.45. The van der Waals surface area contributed by atoms with Crippen molar-refractivity contribution in [3.05, 3.63) is 30.0 Å². The smallest absolute Gasteiger partial charge is 0.240 e. The van der Waals surface area contributed by atoms with E-state index in [4.69, 9.17) is 5.73 Å². The lowest BCUT2D eigenvalue weighted by atomic mass is 10.0. The van der Waals surface area contributed by atoms with Crippen LogP contribution in [-0.2, 0) is 11.2 Å².